The molecule has 2 N–H and O–H groups in total. The van der Waals surface area contributed by atoms with Crippen molar-refractivity contribution in [1.82, 2.24) is 0 Å². The molecular formula is C24H20N2O5S. The second-order valence-electron chi connectivity index (χ2n) is 6.69. The average molecular weight is 449 g/mol. The molecule has 2 amide bonds. The Hall–Kier alpha value is -4.04. The topological polar surface area (TPSA) is 85.9 Å². The van der Waals surface area contributed by atoms with Crippen LogP contribution in [0.4, 0.5) is 11.4 Å². The van der Waals surface area contributed by atoms with Crippen LogP contribution in [0.15, 0.2) is 66.4 Å². The Labute approximate surface area is 188 Å². The maximum atomic E-state index is 12.3. The number of hydrogen-bond acceptors (Lipinski definition) is 6. The highest BCUT2D eigenvalue weighted by Crippen LogP contribution is 2.32. The number of amides is 2. The van der Waals surface area contributed by atoms with E-state index in [4.69, 9.17) is 14.2 Å². The number of nitrogens with one attached hydrogen (secondary N) is 2. The highest BCUT2D eigenvalue weighted by Gasteiger charge is 2.21. The monoisotopic (exact) mass is 448 g/mol. The third-order valence-corrected chi connectivity index (χ3v) is 5.55. The van der Waals surface area contributed by atoms with E-state index >= 15 is 0 Å². The van der Waals surface area contributed by atoms with E-state index in [0.717, 1.165) is 9.75 Å². The van der Waals surface area contributed by atoms with E-state index in [1.54, 1.807) is 49.6 Å². The summed E-state index contributed by atoms with van der Waals surface area (Å²) in [5, 5.41) is 5.59. The van der Waals surface area contributed by atoms with Crippen molar-refractivity contribution in [3.8, 4) is 17.2 Å². The van der Waals surface area contributed by atoms with Crippen LogP contribution < -0.4 is 24.8 Å². The number of methoxy groups -OCH3 is 2. The molecule has 32 heavy (non-hydrogen) atoms. The van der Waals surface area contributed by atoms with Crippen LogP contribution in [0.25, 0.3) is 12.2 Å². The van der Waals surface area contributed by atoms with Crippen molar-refractivity contribution in [2.24, 2.45) is 0 Å². The molecular weight excluding hydrogens is 428 g/mol. The highest BCUT2D eigenvalue weighted by atomic mass is 32.1. The lowest BCUT2D eigenvalue weighted by Gasteiger charge is -2.19. The molecule has 162 valence electrons. The predicted octanol–water partition coefficient (Wildman–Crippen LogP) is 4.79. The smallest absolute Gasteiger partial charge is 0.291 e. The first-order chi connectivity index (χ1) is 15.6. The summed E-state index contributed by atoms with van der Waals surface area (Å²) >= 11 is 1.43. The summed E-state index contributed by atoms with van der Waals surface area (Å²) in [5.74, 6) is 1.34. The van der Waals surface area contributed by atoms with Crippen molar-refractivity contribution in [3.05, 3.63) is 76.2 Å². The van der Waals surface area contributed by atoms with Gasteiger partial charge in [-0.25, -0.2) is 0 Å². The van der Waals surface area contributed by atoms with E-state index in [1.807, 2.05) is 24.3 Å². The fourth-order valence-corrected chi connectivity index (χ4v) is 3.87. The van der Waals surface area contributed by atoms with Gasteiger partial charge < -0.3 is 24.8 Å². The Kier molecular flexibility index (Phi) is 6.23. The minimum atomic E-state index is -0.302. The summed E-state index contributed by atoms with van der Waals surface area (Å²) in [7, 11) is 3.09. The molecule has 8 heteroatoms. The van der Waals surface area contributed by atoms with Gasteiger partial charge in [-0.05, 0) is 42.5 Å². The highest BCUT2D eigenvalue weighted by molar-refractivity contribution is 7.13. The third kappa shape index (κ3) is 4.81. The Balaban J connectivity index is 1.41. The number of benzene rings is 2. The van der Waals surface area contributed by atoms with Gasteiger partial charge in [-0.1, -0.05) is 12.1 Å². The molecule has 0 radical (unpaired) electrons. The number of hydrogen-bond donors (Lipinski definition) is 2. The van der Waals surface area contributed by atoms with Gasteiger partial charge in [0.05, 0.1) is 19.9 Å². The SMILES string of the molecule is COc1ccc(NC(=O)/C=C/c2ccc(/C=C3\Oc4ccccc4NC3=O)s2)cc1OC. The van der Waals surface area contributed by atoms with E-state index in [-0.39, 0.29) is 17.6 Å². The Morgan fingerprint density at radius 2 is 1.81 bits per heavy atom. The van der Waals surface area contributed by atoms with Crippen LogP contribution in [-0.4, -0.2) is 26.0 Å². The van der Waals surface area contributed by atoms with Gasteiger partial charge in [-0.2, -0.15) is 0 Å². The lowest BCUT2D eigenvalue weighted by Crippen LogP contribution is -2.23. The van der Waals surface area contributed by atoms with Crippen molar-refractivity contribution in [2.75, 3.05) is 24.9 Å². The zero-order chi connectivity index (χ0) is 22.5. The molecule has 4 rings (SSSR count). The minimum Gasteiger partial charge on any atom is -0.493 e. The largest absolute Gasteiger partial charge is 0.493 e. The summed E-state index contributed by atoms with van der Waals surface area (Å²) in [5.41, 5.74) is 1.24. The molecule has 0 fully saturated rings. The molecule has 1 aliphatic heterocycles. The van der Waals surface area contributed by atoms with Crippen LogP contribution >= 0.6 is 11.3 Å². The van der Waals surface area contributed by atoms with Crippen molar-refractivity contribution in [3.63, 3.8) is 0 Å². The average Bonchev–Trinajstić information content (AvgIpc) is 3.25. The molecule has 2 aromatic carbocycles. The summed E-state index contributed by atoms with van der Waals surface area (Å²) < 4.78 is 16.1. The molecule has 1 aliphatic rings. The molecule has 7 nitrogen and oxygen atoms in total. The molecule has 0 spiro atoms. The molecule has 1 aromatic heterocycles. The normalized spacial score (nSPS) is 13.9. The molecule has 0 saturated carbocycles. The molecule has 2 heterocycles. The quantitative estimate of drug-likeness (QED) is 0.530. The van der Waals surface area contributed by atoms with E-state index in [0.29, 0.717) is 28.6 Å². The van der Waals surface area contributed by atoms with Crippen LogP contribution in [0.1, 0.15) is 9.75 Å². The fraction of sp³-hybridized carbons (Fsp3) is 0.0833. The number of carbonyl (C=O) groups is 2. The first-order valence-electron chi connectivity index (χ1n) is 9.66. The van der Waals surface area contributed by atoms with Gasteiger partial charge in [-0.15, -0.1) is 11.3 Å². The van der Waals surface area contributed by atoms with Crippen molar-refractivity contribution >= 4 is 46.7 Å². The second-order valence-corrected chi connectivity index (χ2v) is 7.84. The maximum absolute atomic E-state index is 12.3. The van der Waals surface area contributed by atoms with Crippen LogP contribution in [0.5, 0.6) is 17.2 Å². The number of para-hydroxylation sites is 2. The number of carbonyl (C=O) groups excluding carboxylic acids is 2. The van der Waals surface area contributed by atoms with Crippen molar-refractivity contribution < 1.29 is 23.8 Å². The Morgan fingerprint density at radius 1 is 1.03 bits per heavy atom. The van der Waals surface area contributed by atoms with Gasteiger partial charge in [0.15, 0.2) is 23.0 Å². The second kappa shape index (κ2) is 9.40. The number of fused-ring (bicyclic) bond motifs is 1. The van der Waals surface area contributed by atoms with Crippen molar-refractivity contribution in [1.29, 1.82) is 0 Å². The minimum absolute atomic E-state index is 0.215. The molecule has 0 aliphatic carbocycles. The first kappa shape index (κ1) is 21.2. The lowest BCUT2D eigenvalue weighted by molar-refractivity contribution is -0.115. The zero-order valence-electron chi connectivity index (χ0n) is 17.4. The van der Waals surface area contributed by atoms with E-state index in [1.165, 1.54) is 24.5 Å². The Bertz CT molecular complexity index is 1230. The third-order valence-electron chi connectivity index (χ3n) is 4.55. The van der Waals surface area contributed by atoms with Crippen molar-refractivity contribution in [2.45, 2.75) is 0 Å². The fourth-order valence-electron chi connectivity index (χ4n) is 3.02. The van der Waals surface area contributed by atoms with Gasteiger partial charge in [0, 0.05) is 33.7 Å². The number of rotatable bonds is 6. The molecule has 0 saturated heterocycles. The van der Waals surface area contributed by atoms with Crippen LogP contribution in [0.2, 0.25) is 0 Å². The molecule has 0 unspecified atom stereocenters. The standard InChI is InChI=1S/C24H20N2O5S/c1-29-20-11-7-15(13-21(20)30-2)25-23(27)12-10-16-8-9-17(32-16)14-22-24(28)26-18-5-3-4-6-19(18)31-22/h3-14H,1-2H3,(H,25,27)(H,26,28)/b12-10+,22-14-. The number of anilines is 2. The number of ether oxygens (including phenoxy) is 3. The van der Waals surface area contributed by atoms with Gasteiger partial charge in [0.1, 0.15) is 0 Å². The van der Waals surface area contributed by atoms with E-state index < -0.39 is 0 Å². The predicted molar refractivity (Wildman–Crippen MR) is 125 cm³/mol. The maximum Gasteiger partial charge on any atom is 0.291 e. The summed E-state index contributed by atoms with van der Waals surface area (Å²) in [6.07, 6.45) is 4.83. The first-order valence-corrected chi connectivity index (χ1v) is 10.5. The van der Waals surface area contributed by atoms with Gasteiger partial charge >= 0.3 is 0 Å². The summed E-state index contributed by atoms with van der Waals surface area (Å²) in [6, 6.07) is 16.1. The summed E-state index contributed by atoms with van der Waals surface area (Å²) in [6.45, 7) is 0. The Morgan fingerprint density at radius 3 is 2.62 bits per heavy atom. The van der Waals surface area contributed by atoms with Gasteiger partial charge in [-0.3, -0.25) is 9.59 Å². The molecule has 0 atom stereocenters. The van der Waals surface area contributed by atoms with Crippen LogP contribution in [0, 0.1) is 0 Å². The van der Waals surface area contributed by atoms with E-state index in [9.17, 15) is 9.59 Å². The van der Waals surface area contributed by atoms with Gasteiger partial charge in [0.2, 0.25) is 5.91 Å². The summed E-state index contributed by atoms with van der Waals surface area (Å²) in [4.78, 5) is 26.2. The van der Waals surface area contributed by atoms with Gasteiger partial charge in [0.25, 0.3) is 5.91 Å². The van der Waals surface area contributed by atoms with Crippen LogP contribution in [0.3, 0.4) is 0 Å². The van der Waals surface area contributed by atoms with E-state index in [2.05, 4.69) is 10.6 Å². The van der Waals surface area contributed by atoms with Crippen LogP contribution in [-0.2, 0) is 9.59 Å². The molecule has 3 aromatic rings. The molecule has 0 bridgehead atoms. The zero-order valence-corrected chi connectivity index (χ0v) is 18.2. The lowest BCUT2D eigenvalue weighted by atomic mass is 10.2. The number of thiophene rings is 1.